The van der Waals surface area contributed by atoms with Gasteiger partial charge in [-0.1, -0.05) is 42.5 Å². The molecular formula is C25H29N7O. The maximum Gasteiger partial charge on any atom is 0.246 e. The van der Waals surface area contributed by atoms with Gasteiger partial charge in [0.15, 0.2) is 0 Å². The van der Waals surface area contributed by atoms with Gasteiger partial charge in [0.25, 0.3) is 0 Å². The Hall–Kier alpha value is -3.46. The van der Waals surface area contributed by atoms with Crippen molar-refractivity contribution in [2.75, 3.05) is 44.6 Å². The number of H-pyrrole nitrogens is 2. The molecule has 5 N–H and O–H groups in total. The van der Waals surface area contributed by atoms with Crippen molar-refractivity contribution in [2.24, 2.45) is 5.73 Å². The summed E-state index contributed by atoms with van der Waals surface area (Å²) in [5.74, 6) is -0.0274. The maximum absolute atomic E-state index is 13.7. The van der Waals surface area contributed by atoms with E-state index >= 15 is 0 Å². The Morgan fingerprint density at radius 2 is 1.88 bits per heavy atom. The first-order chi connectivity index (χ1) is 16.2. The number of hydrogen-bond acceptors (Lipinski definition) is 5. The van der Waals surface area contributed by atoms with Gasteiger partial charge >= 0.3 is 0 Å². The molecule has 8 heteroatoms. The van der Waals surface area contributed by atoms with Gasteiger partial charge in [-0.05, 0) is 11.6 Å². The van der Waals surface area contributed by atoms with Crippen LogP contribution in [0.25, 0.3) is 22.0 Å². The van der Waals surface area contributed by atoms with Crippen molar-refractivity contribution in [1.29, 1.82) is 0 Å². The van der Waals surface area contributed by atoms with E-state index in [0.717, 1.165) is 66.0 Å². The molecule has 1 fully saturated rings. The Morgan fingerprint density at radius 3 is 2.61 bits per heavy atom. The number of amides is 1. The highest BCUT2D eigenvalue weighted by atomic mass is 16.2. The molecule has 5 rings (SSSR count). The number of nitrogens with one attached hydrogen (secondary N) is 3. The molecule has 1 saturated heterocycles. The van der Waals surface area contributed by atoms with Crippen molar-refractivity contribution in [1.82, 2.24) is 25.0 Å². The highest BCUT2D eigenvalue weighted by molar-refractivity contribution is 6.06. The van der Waals surface area contributed by atoms with E-state index < -0.39 is 0 Å². The largest absolute Gasteiger partial charge is 0.359 e. The van der Waals surface area contributed by atoms with E-state index in [0.29, 0.717) is 6.54 Å². The topological polar surface area (TPSA) is 106 Å². The zero-order valence-electron chi connectivity index (χ0n) is 18.5. The van der Waals surface area contributed by atoms with Crippen LogP contribution in [0, 0.1) is 0 Å². The second-order valence-corrected chi connectivity index (χ2v) is 8.39. The van der Waals surface area contributed by atoms with Crippen molar-refractivity contribution in [3.8, 4) is 11.1 Å². The summed E-state index contributed by atoms with van der Waals surface area (Å²) in [6.07, 6.45) is 5.61. The molecule has 0 radical (unpaired) electrons. The third kappa shape index (κ3) is 4.41. The molecule has 4 aromatic rings. The molecule has 3 heterocycles. The number of rotatable bonds is 7. The van der Waals surface area contributed by atoms with Crippen molar-refractivity contribution in [2.45, 2.75) is 6.04 Å². The van der Waals surface area contributed by atoms with Gasteiger partial charge in [0, 0.05) is 68.2 Å². The van der Waals surface area contributed by atoms with E-state index in [2.05, 4.69) is 36.4 Å². The number of piperazine rings is 1. The van der Waals surface area contributed by atoms with Crippen molar-refractivity contribution in [3.63, 3.8) is 0 Å². The molecule has 33 heavy (non-hydrogen) atoms. The third-order valence-corrected chi connectivity index (χ3v) is 6.36. The van der Waals surface area contributed by atoms with Crippen LogP contribution in [0.5, 0.6) is 0 Å². The fourth-order valence-electron chi connectivity index (χ4n) is 4.69. The quantitative estimate of drug-likeness (QED) is 0.351. The van der Waals surface area contributed by atoms with Crippen LogP contribution >= 0.6 is 0 Å². The van der Waals surface area contributed by atoms with Crippen LogP contribution in [0.15, 0.2) is 67.1 Å². The van der Waals surface area contributed by atoms with Crippen LogP contribution in [0.3, 0.4) is 0 Å². The summed E-state index contributed by atoms with van der Waals surface area (Å²) in [6, 6.07) is 15.6. The smallest absolute Gasteiger partial charge is 0.246 e. The van der Waals surface area contributed by atoms with Gasteiger partial charge in [-0.2, -0.15) is 5.10 Å². The average molecular weight is 444 g/mol. The zero-order valence-corrected chi connectivity index (χ0v) is 18.5. The van der Waals surface area contributed by atoms with Crippen LogP contribution in [0.1, 0.15) is 11.6 Å². The normalized spacial score (nSPS) is 16.2. The fourth-order valence-corrected chi connectivity index (χ4v) is 4.69. The predicted molar refractivity (Wildman–Crippen MR) is 131 cm³/mol. The molecule has 2 aromatic carbocycles. The van der Waals surface area contributed by atoms with Crippen LogP contribution in [-0.4, -0.2) is 70.2 Å². The predicted octanol–water partition coefficient (Wildman–Crippen LogP) is 2.81. The molecular weight excluding hydrogens is 414 g/mol. The lowest BCUT2D eigenvalue weighted by Gasteiger charge is -2.38. The van der Waals surface area contributed by atoms with Crippen LogP contribution < -0.4 is 11.1 Å². The SMILES string of the molecule is NCCN1CCN(C(C(=O)Nc2cccc3c(-c4cn[nH]c4)c[nH]c23)c2ccccc2)CC1. The van der Waals surface area contributed by atoms with Crippen molar-refractivity contribution < 1.29 is 4.79 Å². The molecule has 1 aliphatic rings. The van der Waals surface area contributed by atoms with Crippen LogP contribution in [0.2, 0.25) is 0 Å². The summed E-state index contributed by atoms with van der Waals surface area (Å²) >= 11 is 0. The Morgan fingerprint density at radius 1 is 1.06 bits per heavy atom. The van der Waals surface area contributed by atoms with Gasteiger partial charge < -0.3 is 16.0 Å². The molecule has 0 spiro atoms. The van der Waals surface area contributed by atoms with E-state index in [4.69, 9.17) is 5.73 Å². The average Bonchev–Trinajstić information content (AvgIpc) is 3.52. The number of nitrogens with zero attached hydrogens (tertiary/aromatic N) is 3. The summed E-state index contributed by atoms with van der Waals surface area (Å²) in [5.41, 5.74) is 10.5. The van der Waals surface area contributed by atoms with Gasteiger partial charge in [-0.3, -0.25) is 19.7 Å². The summed E-state index contributed by atoms with van der Waals surface area (Å²) in [4.78, 5) is 21.6. The van der Waals surface area contributed by atoms with Crippen LogP contribution in [0.4, 0.5) is 5.69 Å². The number of hydrogen-bond donors (Lipinski definition) is 4. The monoisotopic (exact) mass is 443 g/mol. The first-order valence-corrected chi connectivity index (χ1v) is 11.4. The maximum atomic E-state index is 13.7. The number of anilines is 1. The van der Waals surface area contributed by atoms with E-state index in [1.807, 2.05) is 54.9 Å². The van der Waals surface area contributed by atoms with E-state index in [1.165, 1.54) is 0 Å². The second-order valence-electron chi connectivity index (χ2n) is 8.39. The zero-order chi connectivity index (χ0) is 22.6. The minimum atomic E-state index is -0.357. The number of nitrogens with two attached hydrogens (primary N) is 1. The Balaban J connectivity index is 1.42. The lowest BCUT2D eigenvalue weighted by atomic mass is 10.0. The standard InChI is InChI=1S/C25H29N7O/c26-9-10-31-11-13-32(14-12-31)24(18-5-2-1-3-6-18)25(33)30-22-8-4-7-20-21(17-27-23(20)22)19-15-28-29-16-19/h1-8,15-17,24,27H,9-14,26H2,(H,28,29)(H,30,33). The number of aromatic amines is 2. The number of carbonyl (C=O) groups is 1. The molecule has 0 aliphatic carbocycles. The van der Waals surface area contributed by atoms with E-state index in [9.17, 15) is 4.79 Å². The Labute approximate surface area is 192 Å². The van der Waals surface area contributed by atoms with Gasteiger partial charge in [0.1, 0.15) is 6.04 Å². The summed E-state index contributed by atoms with van der Waals surface area (Å²) in [7, 11) is 0. The molecule has 8 nitrogen and oxygen atoms in total. The Kier molecular flexibility index (Phi) is 6.21. The van der Waals surface area contributed by atoms with Gasteiger partial charge in [0.2, 0.25) is 5.91 Å². The molecule has 1 unspecified atom stereocenters. The highest BCUT2D eigenvalue weighted by Crippen LogP contribution is 2.33. The highest BCUT2D eigenvalue weighted by Gasteiger charge is 2.30. The lowest BCUT2D eigenvalue weighted by molar-refractivity contribution is -0.122. The number of aromatic nitrogens is 3. The molecule has 1 aliphatic heterocycles. The number of benzene rings is 2. The van der Waals surface area contributed by atoms with E-state index in [1.54, 1.807) is 6.20 Å². The van der Waals surface area contributed by atoms with Crippen LogP contribution in [-0.2, 0) is 4.79 Å². The number of fused-ring (bicyclic) bond motifs is 1. The second kappa shape index (κ2) is 9.58. The first-order valence-electron chi connectivity index (χ1n) is 11.4. The summed E-state index contributed by atoms with van der Waals surface area (Å²) in [6.45, 7) is 5.02. The van der Waals surface area contributed by atoms with Crippen molar-refractivity contribution in [3.05, 3.63) is 72.7 Å². The first kappa shape index (κ1) is 21.4. The molecule has 170 valence electrons. The minimum Gasteiger partial charge on any atom is -0.359 e. The van der Waals surface area contributed by atoms with Crippen molar-refractivity contribution >= 4 is 22.5 Å². The molecule has 0 bridgehead atoms. The molecule has 1 atom stereocenters. The summed E-state index contributed by atoms with van der Waals surface area (Å²) in [5, 5.41) is 11.2. The molecule has 1 amide bonds. The van der Waals surface area contributed by atoms with Gasteiger partial charge in [-0.25, -0.2) is 0 Å². The van der Waals surface area contributed by atoms with E-state index in [-0.39, 0.29) is 11.9 Å². The third-order valence-electron chi connectivity index (χ3n) is 6.36. The fraction of sp³-hybridized carbons (Fsp3) is 0.280. The van der Waals surface area contributed by atoms with Gasteiger partial charge in [-0.15, -0.1) is 0 Å². The number of para-hydroxylation sites is 1. The minimum absolute atomic E-state index is 0.0274. The van der Waals surface area contributed by atoms with Gasteiger partial charge in [0.05, 0.1) is 17.4 Å². The summed E-state index contributed by atoms with van der Waals surface area (Å²) < 4.78 is 0. The Bertz CT molecular complexity index is 1190. The number of carbonyl (C=O) groups excluding carboxylic acids is 1. The lowest BCUT2D eigenvalue weighted by Crippen LogP contribution is -2.50. The molecule has 2 aromatic heterocycles. The molecule has 0 saturated carbocycles.